The second-order valence-corrected chi connectivity index (χ2v) is 6.98. The molecule has 6 heteroatoms. The molecule has 6 nitrogen and oxygen atoms in total. The first-order valence-corrected chi connectivity index (χ1v) is 8.88. The molecule has 1 aromatic carbocycles. The Hall–Kier alpha value is -2.47. The van der Waals surface area contributed by atoms with Gasteiger partial charge in [0.15, 0.2) is 11.5 Å². The Morgan fingerprint density at radius 3 is 2.56 bits per heavy atom. The van der Waals surface area contributed by atoms with Crippen LogP contribution < -0.4 is 4.90 Å². The van der Waals surface area contributed by atoms with Gasteiger partial charge in [0, 0.05) is 19.2 Å². The first-order valence-electron chi connectivity index (χ1n) is 8.88. The molecule has 1 saturated heterocycles. The number of benzene rings is 1. The normalized spacial score (nSPS) is 16.4. The van der Waals surface area contributed by atoms with E-state index in [9.17, 15) is 0 Å². The predicted molar refractivity (Wildman–Crippen MR) is 99.7 cm³/mol. The van der Waals surface area contributed by atoms with Crippen LogP contribution in [0.25, 0.3) is 17.0 Å². The van der Waals surface area contributed by atoms with Gasteiger partial charge in [-0.15, -0.1) is 15.3 Å². The maximum Gasteiger partial charge on any atom is 0.185 e. The van der Waals surface area contributed by atoms with Crippen molar-refractivity contribution >= 4 is 11.5 Å². The van der Waals surface area contributed by atoms with E-state index in [2.05, 4.69) is 34.1 Å². The third kappa shape index (κ3) is 3.35. The SMILES string of the molecule is CN1CCC(CN(C)c2ccc3nnc(-c4ccccc4)n3n2)CC1. The van der Waals surface area contributed by atoms with Crippen LogP contribution in [0.3, 0.4) is 0 Å². The van der Waals surface area contributed by atoms with Crippen LogP contribution in [0.5, 0.6) is 0 Å². The zero-order chi connectivity index (χ0) is 17.2. The second kappa shape index (κ2) is 6.80. The van der Waals surface area contributed by atoms with Gasteiger partial charge < -0.3 is 9.80 Å². The van der Waals surface area contributed by atoms with Crippen molar-refractivity contribution in [1.29, 1.82) is 0 Å². The minimum Gasteiger partial charge on any atom is -0.358 e. The summed E-state index contributed by atoms with van der Waals surface area (Å²) in [6.45, 7) is 3.41. The molecule has 0 aliphatic carbocycles. The smallest absolute Gasteiger partial charge is 0.185 e. The van der Waals surface area contributed by atoms with E-state index in [0.717, 1.165) is 35.3 Å². The van der Waals surface area contributed by atoms with E-state index >= 15 is 0 Å². The molecule has 1 aliphatic heterocycles. The van der Waals surface area contributed by atoms with Gasteiger partial charge >= 0.3 is 0 Å². The Kier molecular flexibility index (Phi) is 4.36. The fourth-order valence-electron chi connectivity index (χ4n) is 3.48. The highest BCUT2D eigenvalue weighted by molar-refractivity contribution is 5.59. The van der Waals surface area contributed by atoms with Crippen molar-refractivity contribution in [2.75, 3.05) is 38.6 Å². The molecule has 0 radical (unpaired) electrons. The zero-order valence-corrected chi connectivity index (χ0v) is 14.8. The second-order valence-electron chi connectivity index (χ2n) is 6.98. The number of fused-ring (bicyclic) bond motifs is 1. The minimum absolute atomic E-state index is 0.730. The molecule has 1 fully saturated rings. The Labute approximate surface area is 148 Å². The van der Waals surface area contributed by atoms with Gasteiger partial charge in [-0.3, -0.25) is 0 Å². The van der Waals surface area contributed by atoms with Crippen molar-refractivity contribution in [2.45, 2.75) is 12.8 Å². The minimum atomic E-state index is 0.730. The summed E-state index contributed by atoms with van der Waals surface area (Å²) in [6, 6.07) is 14.1. The maximum atomic E-state index is 4.80. The van der Waals surface area contributed by atoms with E-state index < -0.39 is 0 Å². The van der Waals surface area contributed by atoms with Crippen molar-refractivity contribution in [3.63, 3.8) is 0 Å². The highest BCUT2D eigenvalue weighted by Crippen LogP contribution is 2.21. The average Bonchev–Trinajstić information content (AvgIpc) is 3.07. The third-order valence-corrected chi connectivity index (χ3v) is 5.04. The van der Waals surface area contributed by atoms with Crippen molar-refractivity contribution in [3.05, 3.63) is 42.5 Å². The van der Waals surface area contributed by atoms with Crippen LogP contribution in [0.1, 0.15) is 12.8 Å². The van der Waals surface area contributed by atoms with Gasteiger partial charge in [-0.25, -0.2) is 0 Å². The van der Waals surface area contributed by atoms with E-state index in [1.165, 1.54) is 25.9 Å². The molecule has 0 N–H and O–H groups in total. The number of anilines is 1. The lowest BCUT2D eigenvalue weighted by Gasteiger charge is -2.32. The molecule has 0 saturated carbocycles. The quantitative estimate of drug-likeness (QED) is 0.733. The molecule has 0 unspecified atom stereocenters. The molecule has 130 valence electrons. The summed E-state index contributed by atoms with van der Waals surface area (Å²) < 4.78 is 1.84. The average molecular weight is 336 g/mol. The van der Waals surface area contributed by atoms with Crippen molar-refractivity contribution < 1.29 is 0 Å². The van der Waals surface area contributed by atoms with Crippen molar-refractivity contribution in [2.24, 2.45) is 5.92 Å². The molecule has 4 rings (SSSR count). The summed E-state index contributed by atoms with van der Waals surface area (Å²) in [6.07, 6.45) is 2.51. The summed E-state index contributed by atoms with van der Waals surface area (Å²) in [5, 5.41) is 13.4. The largest absolute Gasteiger partial charge is 0.358 e. The number of nitrogens with zero attached hydrogens (tertiary/aromatic N) is 6. The fraction of sp³-hybridized carbons (Fsp3) is 0.421. The highest BCUT2D eigenvalue weighted by Gasteiger charge is 2.19. The van der Waals surface area contributed by atoms with Crippen LogP contribution in [-0.2, 0) is 0 Å². The summed E-state index contributed by atoms with van der Waals surface area (Å²) in [5.74, 6) is 2.47. The van der Waals surface area contributed by atoms with E-state index in [-0.39, 0.29) is 0 Å². The zero-order valence-electron chi connectivity index (χ0n) is 14.8. The maximum absolute atomic E-state index is 4.80. The van der Waals surface area contributed by atoms with Gasteiger partial charge in [-0.05, 0) is 51.0 Å². The number of aromatic nitrogens is 4. The van der Waals surface area contributed by atoms with Gasteiger partial charge in [0.25, 0.3) is 0 Å². The molecule has 3 aromatic rings. The molecule has 0 atom stereocenters. The molecule has 0 amide bonds. The third-order valence-electron chi connectivity index (χ3n) is 5.04. The van der Waals surface area contributed by atoms with Crippen molar-refractivity contribution in [1.82, 2.24) is 24.7 Å². The molecule has 2 aromatic heterocycles. The molecule has 0 spiro atoms. The topological polar surface area (TPSA) is 49.6 Å². The van der Waals surface area contributed by atoms with Crippen LogP contribution >= 0.6 is 0 Å². The lowest BCUT2D eigenvalue weighted by atomic mass is 9.97. The lowest BCUT2D eigenvalue weighted by molar-refractivity contribution is 0.222. The fourth-order valence-corrected chi connectivity index (χ4v) is 3.48. The number of hydrogen-bond acceptors (Lipinski definition) is 5. The first-order chi connectivity index (χ1) is 12.2. The number of likely N-dealkylation sites (tertiary alicyclic amines) is 1. The number of piperidine rings is 1. The summed E-state index contributed by atoms with van der Waals surface area (Å²) in [5.41, 5.74) is 1.80. The van der Waals surface area contributed by atoms with Gasteiger partial charge in [0.05, 0.1) is 0 Å². The van der Waals surface area contributed by atoms with Crippen LogP contribution in [0.4, 0.5) is 5.82 Å². The highest BCUT2D eigenvalue weighted by atomic mass is 15.4. The standard InChI is InChI=1S/C19H24N6/c1-23-12-10-15(11-13-23)14-24(2)18-9-8-17-20-21-19(25(17)22-18)16-6-4-3-5-7-16/h3-9,15H,10-14H2,1-2H3. The monoisotopic (exact) mass is 336 g/mol. The molecule has 3 heterocycles. The predicted octanol–water partition coefficient (Wildman–Crippen LogP) is 2.57. The van der Waals surface area contributed by atoms with E-state index in [4.69, 9.17) is 5.10 Å². The summed E-state index contributed by atoms with van der Waals surface area (Å²) in [7, 11) is 4.33. The van der Waals surface area contributed by atoms with E-state index in [0.29, 0.717) is 0 Å². The van der Waals surface area contributed by atoms with Gasteiger partial charge in [-0.2, -0.15) is 4.52 Å². The number of hydrogen-bond donors (Lipinski definition) is 0. The summed E-state index contributed by atoms with van der Waals surface area (Å²) >= 11 is 0. The number of rotatable bonds is 4. The Bertz CT molecular complexity index is 836. The Morgan fingerprint density at radius 1 is 1.04 bits per heavy atom. The van der Waals surface area contributed by atoms with Gasteiger partial charge in [0.1, 0.15) is 5.82 Å². The van der Waals surface area contributed by atoms with Crippen LogP contribution in [0, 0.1) is 5.92 Å². The van der Waals surface area contributed by atoms with Crippen LogP contribution in [0.15, 0.2) is 42.5 Å². The van der Waals surface area contributed by atoms with Gasteiger partial charge in [-0.1, -0.05) is 30.3 Å². The Balaban J connectivity index is 1.58. The first kappa shape index (κ1) is 16.0. The van der Waals surface area contributed by atoms with Crippen LogP contribution in [0.2, 0.25) is 0 Å². The lowest BCUT2D eigenvalue weighted by Crippen LogP contribution is -2.36. The molecule has 1 aliphatic rings. The van der Waals surface area contributed by atoms with E-state index in [1.807, 2.05) is 47.0 Å². The molecular formula is C19H24N6. The molecular weight excluding hydrogens is 312 g/mol. The molecule has 25 heavy (non-hydrogen) atoms. The Morgan fingerprint density at radius 2 is 1.80 bits per heavy atom. The van der Waals surface area contributed by atoms with E-state index in [1.54, 1.807) is 0 Å². The molecule has 0 bridgehead atoms. The van der Waals surface area contributed by atoms with Gasteiger partial charge in [0.2, 0.25) is 0 Å². The van der Waals surface area contributed by atoms with Crippen LogP contribution in [-0.4, -0.2) is 58.4 Å². The van der Waals surface area contributed by atoms with Crippen molar-refractivity contribution in [3.8, 4) is 11.4 Å². The summed E-state index contributed by atoms with van der Waals surface area (Å²) in [4.78, 5) is 4.66.